The Hall–Kier alpha value is -1.49. The van der Waals surface area contributed by atoms with E-state index in [0.29, 0.717) is 10.1 Å². The largest absolute Gasteiger partial charge is 0.467 e. The third-order valence-electron chi connectivity index (χ3n) is 3.57. The van der Waals surface area contributed by atoms with Gasteiger partial charge < -0.3 is 18.3 Å². The Kier molecular flexibility index (Phi) is 11.5. The van der Waals surface area contributed by atoms with Crippen molar-refractivity contribution in [2.24, 2.45) is 10.9 Å². The lowest BCUT2D eigenvalue weighted by atomic mass is 9.99. The van der Waals surface area contributed by atoms with Crippen LogP contribution in [0.25, 0.3) is 0 Å². The monoisotopic (exact) mass is 473 g/mol. The Bertz CT molecular complexity index is 737. The van der Waals surface area contributed by atoms with Gasteiger partial charge in [-0.25, -0.2) is 9.79 Å². The summed E-state index contributed by atoms with van der Waals surface area (Å²) in [4.78, 5) is 29.9. The van der Waals surface area contributed by atoms with Crippen LogP contribution in [-0.4, -0.2) is 50.4 Å². The fraction of sp³-hybridized carbons (Fsp3) is 0.550. The fourth-order valence-corrected chi connectivity index (χ4v) is 4.53. The van der Waals surface area contributed by atoms with Gasteiger partial charge in [0.15, 0.2) is 8.32 Å². The summed E-state index contributed by atoms with van der Waals surface area (Å²) in [6.07, 6.45) is 5.96. The standard InChI is InChI=1S/C20H31NO6S2Si/c1-8-24-18(22)14(17(27-30(5,6)7)16-11-10-12-26-16)13-15(19(23)25-9-2)21-20(28-3)29-4/h10-14,17H,8-9H2,1-7H3/b15-13-/t14-,17+/m1/s1. The molecule has 0 aliphatic heterocycles. The van der Waals surface area contributed by atoms with Gasteiger partial charge in [0.1, 0.15) is 27.9 Å². The number of hydrogen-bond acceptors (Lipinski definition) is 9. The number of carbonyl (C=O) groups is 2. The highest BCUT2D eigenvalue weighted by molar-refractivity contribution is 8.38. The molecule has 0 amide bonds. The highest BCUT2D eigenvalue weighted by Crippen LogP contribution is 2.33. The molecule has 0 radical (unpaired) electrons. The summed E-state index contributed by atoms with van der Waals surface area (Å²) < 4.78 is 23.0. The predicted octanol–water partition coefficient (Wildman–Crippen LogP) is 4.88. The van der Waals surface area contributed by atoms with Gasteiger partial charge in [-0.15, -0.1) is 23.5 Å². The minimum absolute atomic E-state index is 0.0318. The van der Waals surface area contributed by atoms with Crippen LogP contribution in [0.5, 0.6) is 0 Å². The Balaban J connectivity index is 3.58. The van der Waals surface area contributed by atoms with Gasteiger partial charge in [0.05, 0.1) is 19.5 Å². The van der Waals surface area contributed by atoms with Gasteiger partial charge in [0.2, 0.25) is 0 Å². The number of aliphatic imine (C=N–C) groups is 1. The molecule has 2 atom stereocenters. The van der Waals surface area contributed by atoms with Gasteiger partial charge in [0, 0.05) is 0 Å². The molecule has 1 aromatic rings. The van der Waals surface area contributed by atoms with Crippen molar-refractivity contribution in [1.29, 1.82) is 0 Å². The van der Waals surface area contributed by atoms with Crippen molar-refractivity contribution in [3.05, 3.63) is 35.9 Å². The molecule has 0 N–H and O–H groups in total. The Morgan fingerprint density at radius 3 is 2.27 bits per heavy atom. The molecule has 0 aliphatic carbocycles. The first-order chi connectivity index (χ1) is 14.2. The van der Waals surface area contributed by atoms with E-state index in [1.165, 1.54) is 35.9 Å². The first-order valence-corrected chi connectivity index (χ1v) is 15.5. The molecule has 0 saturated heterocycles. The van der Waals surface area contributed by atoms with Crippen LogP contribution >= 0.6 is 23.5 Å². The van der Waals surface area contributed by atoms with Gasteiger partial charge in [-0.1, -0.05) is 0 Å². The van der Waals surface area contributed by atoms with E-state index in [2.05, 4.69) is 4.99 Å². The third kappa shape index (κ3) is 8.71. The minimum atomic E-state index is -2.10. The normalized spacial score (nSPS) is 14.0. The van der Waals surface area contributed by atoms with E-state index in [0.717, 1.165) is 0 Å². The molecule has 168 valence electrons. The number of hydrogen-bond donors (Lipinski definition) is 0. The number of furan rings is 1. The van der Waals surface area contributed by atoms with E-state index in [4.69, 9.17) is 18.3 Å². The van der Waals surface area contributed by atoms with Crippen LogP contribution in [0.2, 0.25) is 19.6 Å². The van der Waals surface area contributed by atoms with Crippen molar-refractivity contribution >= 4 is 48.2 Å². The van der Waals surface area contributed by atoms with Crippen LogP contribution in [0.1, 0.15) is 25.7 Å². The van der Waals surface area contributed by atoms with E-state index < -0.39 is 32.3 Å². The van der Waals surface area contributed by atoms with Crippen molar-refractivity contribution in [3.8, 4) is 0 Å². The van der Waals surface area contributed by atoms with Crippen molar-refractivity contribution < 1.29 is 27.9 Å². The maximum Gasteiger partial charge on any atom is 0.356 e. The second-order valence-electron chi connectivity index (χ2n) is 7.00. The fourth-order valence-electron chi connectivity index (χ4n) is 2.46. The van der Waals surface area contributed by atoms with Gasteiger partial charge in [-0.3, -0.25) is 4.79 Å². The Morgan fingerprint density at radius 1 is 1.17 bits per heavy atom. The number of nitrogens with zero attached hydrogens (tertiary/aromatic N) is 1. The molecule has 0 fully saturated rings. The number of thioether (sulfide) groups is 2. The molecular formula is C20H31NO6S2Si. The average Bonchev–Trinajstić information content (AvgIpc) is 3.21. The second kappa shape index (κ2) is 13.0. The SMILES string of the molecule is CCOC(=O)/C(=C/[C@@H](C(=O)OCC)[C@H](O[Si](C)(C)C)c1ccco1)N=C(SC)SC. The topological polar surface area (TPSA) is 87.3 Å². The average molecular weight is 474 g/mol. The van der Waals surface area contributed by atoms with E-state index in [-0.39, 0.29) is 18.9 Å². The number of esters is 2. The van der Waals surface area contributed by atoms with Crippen molar-refractivity contribution in [3.63, 3.8) is 0 Å². The molecule has 0 aromatic carbocycles. The number of rotatable bonds is 10. The van der Waals surface area contributed by atoms with Crippen LogP contribution < -0.4 is 0 Å². The Labute approximate surface area is 188 Å². The van der Waals surface area contributed by atoms with E-state index in [1.54, 1.807) is 26.0 Å². The van der Waals surface area contributed by atoms with Crippen molar-refractivity contribution in [2.45, 2.75) is 39.6 Å². The van der Waals surface area contributed by atoms with Crippen LogP contribution in [0.3, 0.4) is 0 Å². The molecule has 1 aromatic heterocycles. The molecule has 30 heavy (non-hydrogen) atoms. The van der Waals surface area contributed by atoms with Gasteiger partial charge in [-0.05, 0) is 64.2 Å². The maximum atomic E-state index is 12.9. The molecule has 0 bridgehead atoms. The number of ether oxygens (including phenoxy) is 2. The van der Waals surface area contributed by atoms with Crippen LogP contribution in [0.15, 0.2) is 39.6 Å². The lowest BCUT2D eigenvalue weighted by Crippen LogP contribution is -2.34. The summed E-state index contributed by atoms with van der Waals surface area (Å²) in [6, 6.07) is 3.47. The van der Waals surface area contributed by atoms with Crippen LogP contribution in [0.4, 0.5) is 0 Å². The van der Waals surface area contributed by atoms with Crippen LogP contribution in [0, 0.1) is 5.92 Å². The molecular weight excluding hydrogens is 442 g/mol. The second-order valence-corrected chi connectivity index (χ2v) is 13.3. The summed E-state index contributed by atoms with van der Waals surface area (Å²) in [7, 11) is -2.10. The zero-order valence-corrected chi connectivity index (χ0v) is 21.2. The highest BCUT2D eigenvalue weighted by atomic mass is 32.2. The van der Waals surface area contributed by atoms with Gasteiger partial charge in [0.25, 0.3) is 0 Å². The summed E-state index contributed by atoms with van der Waals surface area (Å²) >= 11 is 2.80. The molecule has 7 nitrogen and oxygen atoms in total. The molecule has 1 rings (SSSR count). The first kappa shape index (κ1) is 26.5. The molecule has 1 heterocycles. The smallest absolute Gasteiger partial charge is 0.356 e. The number of carbonyl (C=O) groups excluding carboxylic acids is 2. The molecule has 0 spiro atoms. The zero-order valence-electron chi connectivity index (χ0n) is 18.6. The van der Waals surface area contributed by atoms with Crippen molar-refractivity contribution in [1.82, 2.24) is 0 Å². The summed E-state index contributed by atoms with van der Waals surface area (Å²) in [6.45, 7) is 9.86. The van der Waals surface area contributed by atoms with Gasteiger partial charge >= 0.3 is 11.9 Å². The van der Waals surface area contributed by atoms with E-state index in [9.17, 15) is 9.59 Å². The van der Waals surface area contributed by atoms with Crippen LogP contribution in [-0.2, 0) is 23.5 Å². The molecule has 0 aliphatic rings. The summed E-state index contributed by atoms with van der Waals surface area (Å²) in [5.41, 5.74) is 0.0318. The summed E-state index contributed by atoms with van der Waals surface area (Å²) in [5.74, 6) is -1.59. The summed E-state index contributed by atoms with van der Waals surface area (Å²) in [5, 5.41) is 0. The highest BCUT2D eigenvalue weighted by Gasteiger charge is 2.36. The minimum Gasteiger partial charge on any atom is -0.467 e. The zero-order chi connectivity index (χ0) is 22.7. The van der Waals surface area contributed by atoms with E-state index >= 15 is 0 Å². The molecule has 0 saturated carbocycles. The molecule has 0 unspecified atom stereocenters. The lowest BCUT2D eigenvalue weighted by Gasteiger charge is -2.29. The Morgan fingerprint density at radius 2 is 1.80 bits per heavy atom. The van der Waals surface area contributed by atoms with Gasteiger partial charge in [-0.2, -0.15) is 0 Å². The molecule has 10 heteroatoms. The quantitative estimate of drug-likeness (QED) is 0.156. The van der Waals surface area contributed by atoms with E-state index in [1.807, 2.05) is 32.2 Å². The predicted molar refractivity (Wildman–Crippen MR) is 125 cm³/mol. The van der Waals surface area contributed by atoms with Crippen molar-refractivity contribution in [2.75, 3.05) is 25.7 Å². The third-order valence-corrected chi connectivity index (χ3v) is 6.41. The first-order valence-electron chi connectivity index (χ1n) is 9.60. The lowest BCUT2D eigenvalue weighted by molar-refractivity contribution is -0.149. The maximum absolute atomic E-state index is 12.9.